The van der Waals surface area contributed by atoms with Crippen LogP contribution in [0.2, 0.25) is 0 Å². The Hall–Kier alpha value is -5.81. The first kappa shape index (κ1) is 22.9. The number of rotatable bonds is 3. The van der Waals surface area contributed by atoms with Crippen LogP contribution in [0.15, 0.2) is 132 Å². The van der Waals surface area contributed by atoms with Crippen LogP contribution in [0.25, 0.3) is 78.0 Å². The van der Waals surface area contributed by atoms with Gasteiger partial charge in [-0.3, -0.25) is 0 Å². The predicted octanol–water partition coefficient (Wildman–Crippen LogP) is 9.70. The molecule has 0 N–H and O–H groups in total. The van der Waals surface area contributed by atoms with Gasteiger partial charge in [-0.2, -0.15) is 0 Å². The number of benzene rings is 6. The topological polar surface area (TPSA) is 61.0 Å². The average molecular weight is 540 g/mol. The smallest absolute Gasteiger partial charge is 0.167 e. The van der Waals surface area contributed by atoms with E-state index < -0.39 is 0 Å². The molecule has 3 heterocycles. The van der Waals surface area contributed by atoms with Crippen LogP contribution in [0, 0.1) is 0 Å². The fourth-order valence-corrected chi connectivity index (χ4v) is 5.97. The van der Waals surface area contributed by atoms with Crippen molar-refractivity contribution in [2.75, 3.05) is 0 Å². The second kappa shape index (κ2) is 8.85. The number of fused-ring (bicyclic) bond motifs is 5. The monoisotopic (exact) mass is 539 g/mol. The van der Waals surface area contributed by atoms with Gasteiger partial charge in [-0.05, 0) is 41.3 Å². The van der Waals surface area contributed by atoms with Crippen LogP contribution in [-0.4, -0.2) is 15.0 Å². The molecule has 0 saturated carbocycles. The zero-order valence-corrected chi connectivity index (χ0v) is 22.3. The molecule has 2 aromatic heterocycles. The number of aromatic nitrogens is 3. The molecule has 0 atom stereocenters. The van der Waals surface area contributed by atoms with Crippen molar-refractivity contribution in [3.63, 3.8) is 0 Å². The highest BCUT2D eigenvalue weighted by atomic mass is 16.5. The van der Waals surface area contributed by atoms with E-state index in [9.17, 15) is 0 Å². The molecule has 0 radical (unpaired) electrons. The van der Waals surface area contributed by atoms with Crippen molar-refractivity contribution in [3.05, 3.63) is 127 Å². The SMILES string of the molecule is c1ccc(-c2nc(-c3ccc4c(c3)Oc3cccc5cccc-4c35)nc(-c3cccc4c3oc3ccccc34)n2)cc1. The van der Waals surface area contributed by atoms with Crippen LogP contribution in [0.5, 0.6) is 11.5 Å². The van der Waals surface area contributed by atoms with Gasteiger partial charge in [0.05, 0.1) is 5.56 Å². The van der Waals surface area contributed by atoms with E-state index in [1.807, 2.05) is 78.9 Å². The van der Waals surface area contributed by atoms with Crippen molar-refractivity contribution in [1.29, 1.82) is 0 Å². The molecule has 0 fully saturated rings. The minimum absolute atomic E-state index is 0.553. The lowest BCUT2D eigenvalue weighted by atomic mass is 9.94. The van der Waals surface area contributed by atoms with Crippen molar-refractivity contribution in [2.45, 2.75) is 0 Å². The van der Waals surface area contributed by atoms with Crippen LogP contribution >= 0.6 is 0 Å². The van der Waals surface area contributed by atoms with Gasteiger partial charge in [-0.15, -0.1) is 0 Å². The summed E-state index contributed by atoms with van der Waals surface area (Å²) in [6, 6.07) is 42.9. The Kier molecular flexibility index (Phi) is 4.83. The van der Waals surface area contributed by atoms with Crippen LogP contribution in [-0.2, 0) is 0 Å². The predicted molar refractivity (Wildman–Crippen MR) is 166 cm³/mol. The Labute approximate surface area is 240 Å². The van der Waals surface area contributed by atoms with Gasteiger partial charge in [0.15, 0.2) is 17.5 Å². The normalized spacial score (nSPS) is 12.0. The first-order chi connectivity index (χ1) is 20.8. The molecule has 0 aliphatic carbocycles. The first-order valence-electron chi connectivity index (χ1n) is 13.9. The first-order valence-corrected chi connectivity index (χ1v) is 13.9. The fourth-order valence-electron chi connectivity index (χ4n) is 5.97. The lowest BCUT2D eigenvalue weighted by molar-refractivity contribution is 0.487. The second-order valence-corrected chi connectivity index (χ2v) is 10.4. The molecule has 9 rings (SSSR count). The highest BCUT2D eigenvalue weighted by Gasteiger charge is 2.22. The van der Waals surface area contributed by atoms with E-state index in [4.69, 9.17) is 24.1 Å². The summed E-state index contributed by atoms with van der Waals surface area (Å²) in [6.45, 7) is 0. The molecular weight excluding hydrogens is 518 g/mol. The lowest BCUT2D eigenvalue weighted by Crippen LogP contribution is -2.01. The second-order valence-electron chi connectivity index (χ2n) is 10.4. The maximum atomic E-state index is 6.45. The maximum Gasteiger partial charge on any atom is 0.167 e. The van der Waals surface area contributed by atoms with E-state index in [0.717, 1.165) is 72.0 Å². The molecule has 6 aromatic carbocycles. The Morgan fingerprint density at radius 3 is 2.07 bits per heavy atom. The zero-order valence-electron chi connectivity index (χ0n) is 22.3. The number of hydrogen-bond donors (Lipinski definition) is 0. The van der Waals surface area contributed by atoms with Crippen molar-refractivity contribution >= 4 is 32.7 Å². The quantitative estimate of drug-likeness (QED) is 0.224. The van der Waals surface area contributed by atoms with E-state index in [0.29, 0.717) is 17.5 Å². The molecule has 1 aliphatic rings. The molecule has 0 bridgehead atoms. The van der Waals surface area contributed by atoms with Crippen LogP contribution in [0.4, 0.5) is 0 Å². The van der Waals surface area contributed by atoms with Gasteiger partial charge in [0.25, 0.3) is 0 Å². The number of ether oxygens (including phenoxy) is 1. The summed E-state index contributed by atoms with van der Waals surface area (Å²) in [5.74, 6) is 3.34. The van der Waals surface area contributed by atoms with E-state index >= 15 is 0 Å². The summed E-state index contributed by atoms with van der Waals surface area (Å²) in [5, 5.41) is 4.39. The van der Waals surface area contributed by atoms with Gasteiger partial charge in [0, 0.05) is 32.8 Å². The van der Waals surface area contributed by atoms with Gasteiger partial charge >= 0.3 is 0 Å². The summed E-state index contributed by atoms with van der Waals surface area (Å²) < 4.78 is 12.8. The number of nitrogens with zero attached hydrogens (tertiary/aromatic N) is 3. The summed E-state index contributed by atoms with van der Waals surface area (Å²) in [7, 11) is 0. The third-order valence-electron chi connectivity index (χ3n) is 7.93. The Bertz CT molecular complexity index is 2340. The van der Waals surface area contributed by atoms with Gasteiger partial charge in [-0.1, -0.05) is 97.1 Å². The minimum Gasteiger partial charge on any atom is -0.456 e. The lowest BCUT2D eigenvalue weighted by Gasteiger charge is -2.21. The van der Waals surface area contributed by atoms with E-state index in [-0.39, 0.29) is 0 Å². The summed E-state index contributed by atoms with van der Waals surface area (Å²) in [6.07, 6.45) is 0. The highest BCUT2D eigenvalue weighted by Crippen LogP contribution is 2.47. The maximum absolute atomic E-state index is 6.45. The van der Waals surface area contributed by atoms with Crippen molar-refractivity contribution in [3.8, 4) is 56.8 Å². The molecule has 196 valence electrons. The average Bonchev–Trinajstić information content (AvgIpc) is 3.44. The summed E-state index contributed by atoms with van der Waals surface area (Å²) >= 11 is 0. The number of hydrogen-bond acceptors (Lipinski definition) is 5. The Morgan fingerprint density at radius 2 is 1.17 bits per heavy atom. The van der Waals surface area contributed by atoms with Crippen molar-refractivity contribution in [2.24, 2.45) is 0 Å². The van der Waals surface area contributed by atoms with Crippen molar-refractivity contribution in [1.82, 2.24) is 15.0 Å². The molecule has 0 spiro atoms. The molecule has 0 saturated heterocycles. The van der Waals surface area contributed by atoms with Crippen LogP contribution in [0.3, 0.4) is 0 Å². The van der Waals surface area contributed by atoms with E-state index in [2.05, 4.69) is 48.5 Å². The van der Waals surface area contributed by atoms with Crippen molar-refractivity contribution < 1.29 is 9.15 Å². The molecule has 0 amide bonds. The third kappa shape index (κ3) is 3.47. The molecule has 8 aromatic rings. The summed E-state index contributed by atoms with van der Waals surface area (Å²) in [4.78, 5) is 14.9. The molecule has 5 heteroatoms. The zero-order chi connectivity index (χ0) is 27.6. The molecule has 5 nitrogen and oxygen atoms in total. The molecule has 1 aliphatic heterocycles. The third-order valence-corrected chi connectivity index (χ3v) is 7.93. The molecule has 42 heavy (non-hydrogen) atoms. The van der Waals surface area contributed by atoms with E-state index in [1.165, 1.54) is 0 Å². The van der Waals surface area contributed by atoms with Gasteiger partial charge in [0.1, 0.15) is 22.7 Å². The molecule has 0 unspecified atom stereocenters. The highest BCUT2D eigenvalue weighted by molar-refractivity contribution is 6.09. The molecular formula is C37H21N3O2. The Balaban J connectivity index is 1.25. The standard InChI is InChI=1S/C37H21N3O2/c1-2-9-23(10-3-1)35-38-36(40-37(39-35)29-16-8-15-28-25-13-4-5-17-30(25)42-34(28)29)24-19-20-26-27-14-6-11-22-12-7-18-31(33(22)27)41-32(26)21-24/h1-21H. The fraction of sp³-hybridized carbons (Fsp3) is 0. The van der Waals surface area contributed by atoms with E-state index in [1.54, 1.807) is 0 Å². The minimum atomic E-state index is 0.553. The van der Waals surface area contributed by atoms with Gasteiger partial charge < -0.3 is 9.15 Å². The Morgan fingerprint density at radius 1 is 0.452 bits per heavy atom. The van der Waals surface area contributed by atoms with Gasteiger partial charge in [0.2, 0.25) is 0 Å². The largest absolute Gasteiger partial charge is 0.456 e. The van der Waals surface area contributed by atoms with Gasteiger partial charge in [-0.25, -0.2) is 15.0 Å². The van der Waals surface area contributed by atoms with Crippen LogP contribution in [0.1, 0.15) is 0 Å². The number of para-hydroxylation sites is 2. The van der Waals surface area contributed by atoms with Crippen LogP contribution < -0.4 is 4.74 Å². The number of furan rings is 1. The summed E-state index contributed by atoms with van der Waals surface area (Å²) in [5.41, 5.74) is 6.38.